The van der Waals surface area contributed by atoms with Crippen LogP contribution in [0.25, 0.3) is 0 Å². The topological polar surface area (TPSA) is 53.3 Å². The molecular weight excluding hydrogens is 228 g/mol. The number of carbonyl (C=O) groups is 1. The molecule has 0 aliphatic carbocycles. The largest absolute Gasteiger partial charge is 0.445 e. The molecule has 0 bridgehead atoms. The number of benzene rings is 1. The highest BCUT2D eigenvalue weighted by atomic mass is 16.6. The van der Waals surface area contributed by atoms with Crippen LogP contribution >= 0.6 is 0 Å². The molecule has 1 aromatic rings. The number of nitrogens with zero attached hydrogens (tertiary/aromatic N) is 2. The highest BCUT2D eigenvalue weighted by Crippen LogP contribution is 2.14. The van der Waals surface area contributed by atoms with Crippen molar-refractivity contribution in [3.05, 3.63) is 35.9 Å². The summed E-state index contributed by atoms with van der Waals surface area (Å²) in [6.45, 7) is 5.85. The SMILES string of the molecule is CC(C)(C)N(CC#N)C(=O)OCc1ccccc1. The fourth-order valence-corrected chi connectivity index (χ4v) is 1.44. The first-order valence-electron chi connectivity index (χ1n) is 5.80. The molecule has 0 spiro atoms. The molecule has 1 rings (SSSR count). The number of amides is 1. The summed E-state index contributed by atoms with van der Waals surface area (Å²) in [5, 5.41) is 8.73. The summed E-state index contributed by atoms with van der Waals surface area (Å²) in [6, 6.07) is 11.4. The van der Waals surface area contributed by atoms with Gasteiger partial charge in [0.05, 0.1) is 6.07 Å². The van der Waals surface area contributed by atoms with Crippen LogP contribution in [0.2, 0.25) is 0 Å². The Morgan fingerprint density at radius 1 is 1.33 bits per heavy atom. The summed E-state index contributed by atoms with van der Waals surface area (Å²) in [7, 11) is 0. The molecule has 0 aromatic heterocycles. The summed E-state index contributed by atoms with van der Waals surface area (Å²) in [4.78, 5) is 13.3. The summed E-state index contributed by atoms with van der Waals surface area (Å²) >= 11 is 0. The van der Waals surface area contributed by atoms with Crippen LogP contribution in [0.1, 0.15) is 26.3 Å². The lowest BCUT2D eigenvalue weighted by Gasteiger charge is -2.32. The van der Waals surface area contributed by atoms with E-state index in [1.54, 1.807) is 0 Å². The Balaban J connectivity index is 2.61. The number of rotatable bonds is 3. The first-order chi connectivity index (χ1) is 8.45. The minimum atomic E-state index is -0.465. The van der Waals surface area contributed by atoms with Crippen LogP contribution < -0.4 is 0 Å². The van der Waals surface area contributed by atoms with Gasteiger partial charge < -0.3 is 4.74 Å². The van der Waals surface area contributed by atoms with Crippen LogP contribution in [0, 0.1) is 11.3 Å². The Morgan fingerprint density at radius 3 is 2.44 bits per heavy atom. The third kappa shape index (κ3) is 4.10. The second-order valence-corrected chi connectivity index (χ2v) is 4.96. The third-order valence-corrected chi connectivity index (χ3v) is 2.46. The van der Waals surface area contributed by atoms with Crippen molar-refractivity contribution in [2.24, 2.45) is 0 Å². The van der Waals surface area contributed by atoms with Crippen LogP contribution in [0.5, 0.6) is 0 Å². The summed E-state index contributed by atoms with van der Waals surface area (Å²) in [5.41, 5.74) is 0.500. The van der Waals surface area contributed by atoms with E-state index < -0.39 is 11.6 Å². The zero-order chi connectivity index (χ0) is 13.6. The van der Waals surface area contributed by atoms with Gasteiger partial charge in [0.25, 0.3) is 0 Å². The predicted octanol–water partition coefficient (Wildman–Crippen LogP) is 2.95. The molecule has 0 aliphatic rings. The predicted molar refractivity (Wildman–Crippen MR) is 68.7 cm³/mol. The van der Waals surface area contributed by atoms with E-state index in [1.807, 2.05) is 57.2 Å². The van der Waals surface area contributed by atoms with Gasteiger partial charge in [0.2, 0.25) is 0 Å². The minimum absolute atomic E-state index is 0.0249. The van der Waals surface area contributed by atoms with Crippen LogP contribution in [0.4, 0.5) is 4.79 Å². The van der Waals surface area contributed by atoms with Crippen LogP contribution in [-0.4, -0.2) is 23.1 Å². The van der Waals surface area contributed by atoms with E-state index >= 15 is 0 Å². The molecule has 0 saturated heterocycles. The van der Waals surface area contributed by atoms with Gasteiger partial charge in [-0.15, -0.1) is 0 Å². The minimum Gasteiger partial charge on any atom is -0.445 e. The van der Waals surface area contributed by atoms with Gasteiger partial charge >= 0.3 is 6.09 Å². The second-order valence-electron chi connectivity index (χ2n) is 4.96. The van der Waals surface area contributed by atoms with Gasteiger partial charge in [-0.3, -0.25) is 4.90 Å². The van der Waals surface area contributed by atoms with Crippen molar-refractivity contribution in [1.29, 1.82) is 5.26 Å². The molecule has 0 aliphatic heterocycles. The van der Waals surface area contributed by atoms with Crippen LogP contribution in [0.15, 0.2) is 30.3 Å². The maximum atomic E-state index is 11.9. The highest BCUT2D eigenvalue weighted by Gasteiger charge is 2.27. The third-order valence-electron chi connectivity index (χ3n) is 2.46. The molecule has 0 unspecified atom stereocenters. The van der Waals surface area contributed by atoms with Crippen molar-refractivity contribution in [3.8, 4) is 6.07 Å². The molecule has 0 N–H and O–H groups in total. The smallest absolute Gasteiger partial charge is 0.411 e. The average molecular weight is 246 g/mol. The maximum absolute atomic E-state index is 11.9. The Kier molecular flexibility index (Phi) is 4.73. The lowest BCUT2D eigenvalue weighted by molar-refractivity contribution is 0.0695. The van der Waals surface area contributed by atoms with E-state index in [4.69, 9.17) is 10.00 Å². The molecule has 0 radical (unpaired) electrons. The number of ether oxygens (including phenoxy) is 1. The van der Waals surface area contributed by atoms with E-state index in [-0.39, 0.29) is 13.2 Å². The summed E-state index contributed by atoms with van der Waals surface area (Å²) < 4.78 is 5.21. The van der Waals surface area contributed by atoms with Gasteiger partial charge in [0, 0.05) is 5.54 Å². The summed E-state index contributed by atoms with van der Waals surface area (Å²) in [6.07, 6.45) is -0.465. The highest BCUT2D eigenvalue weighted by molar-refractivity contribution is 5.68. The molecule has 0 saturated carbocycles. The standard InChI is InChI=1S/C14H18N2O2/c1-14(2,3)16(10-9-15)13(17)18-11-12-7-5-4-6-8-12/h4-8H,10-11H2,1-3H3. The van der Waals surface area contributed by atoms with Gasteiger partial charge in [-0.1, -0.05) is 30.3 Å². The van der Waals surface area contributed by atoms with E-state index in [2.05, 4.69) is 0 Å². The number of hydrogen-bond donors (Lipinski definition) is 0. The maximum Gasteiger partial charge on any atom is 0.411 e. The van der Waals surface area contributed by atoms with Gasteiger partial charge in [-0.05, 0) is 26.3 Å². The van der Waals surface area contributed by atoms with Crippen LogP contribution in [-0.2, 0) is 11.3 Å². The first-order valence-corrected chi connectivity index (χ1v) is 5.80. The number of nitriles is 1. The Hall–Kier alpha value is -2.02. The fraction of sp³-hybridized carbons (Fsp3) is 0.429. The molecule has 96 valence electrons. The monoisotopic (exact) mass is 246 g/mol. The molecule has 18 heavy (non-hydrogen) atoms. The quantitative estimate of drug-likeness (QED) is 0.770. The molecule has 1 aromatic carbocycles. The number of carbonyl (C=O) groups excluding carboxylic acids is 1. The molecular formula is C14H18N2O2. The summed E-state index contributed by atoms with van der Waals surface area (Å²) in [5.74, 6) is 0. The van der Waals surface area contributed by atoms with Crippen molar-refractivity contribution in [1.82, 2.24) is 4.90 Å². The normalized spacial score (nSPS) is 10.6. The zero-order valence-corrected chi connectivity index (χ0v) is 11.0. The van der Waals surface area contributed by atoms with Crippen molar-refractivity contribution < 1.29 is 9.53 Å². The van der Waals surface area contributed by atoms with Gasteiger partial charge in [-0.2, -0.15) is 5.26 Å². The van der Waals surface area contributed by atoms with E-state index in [0.717, 1.165) is 5.56 Å². The lowest BCUT2D eigenvalue weighted by Crippen LogP contribution is -2.46. The van der Waals surface area contributed by atoms with Crippen LogP contribution in [0.3, 0.4) is 0 Å². The molecule has 4 heteroatoms. The Morgan fingerprint density at radius 2 is 1.94 bits per heavy atom. The first kappa shape index (κ1) is 14.0. The van der Waals surface area contributed by atoms with E-state index in [0.29, 0.717) is 0 Å². The van der Waals surface area contributed by atoms with E-state index in [1.165, 1.54) is 4.90 Å². The van der Waals surface area contributed by atoms with Gasteiger partial charge in [-0.25, -0.2) is 4.79 Å². The van der Waals surface area contributed by atoms with Gasteiger partial charge in [0.1, 0.15) is 13.2 Å². The molecule has 4 nitrogen and oxygen atoms in total. The molecule has 0 fully saturated rings. The Labute approximate surface area is 108 Å². The van der Waals surface area contributed by atoms with Gasteiger partial charge in [0.15, 0.2) is 0 Å². The van der Waals surface area contributed by atoms with E-state index in [9.17, 15) is 4.79 Å². The van der Waals surface area contributed by atoms with Crippen molar-refractivity contribution in [2.45, 2.75) is 32.9 Å². The van der Waals surface area contributed by atoms with Crippen molar-refractivity contribution >= 4 is 6.09 Å². The van der Waals surface area contributed by atoms with Crippen molar-refractivity contribution in [2.75, 3.05) is 6.54 Å². The lowest BCUT2D eigenvalue weighted by atomic mass is 10.1. The molecule has 0 heterocycles. The second kappa shape index (κ2) is 6.06. The van der Waals surface area contributed by atoms with Crippen molar-refractivity contribution in [3.63, 3.8) is 0 Å². The fourth-order valence-electron chi connectivity index (χ4n) is 1.44. The molecule has 0 atom stereocenters. The zero-order valence-electron chi connectivity index (χ0n) is 11.0. The molecule has 1 amide bonds. The Bertz CT molecular complexity index is 429. The number of hydrogen-bond acceptors (Lipinski definition) is 3. The average Bonchev–Trinajstić information content (AvgIpc) is 2.33.